The lowest BCUT2D eigenvalue weighted by atomic mass is 10.1. The Morgan fingerprint density at radius 3 is 2.69 bits per heavy atom. The number of nitro groups is 1. The van der Waals surface area contributed by atoms with Crippen LogP contribution in [0.15, 0.2) is 18.2 Å². The zero-order chi connectivity index (χ0) is 12.3. The molecule has 0 saturated heterocycles. The maximum atomic E-state index is 10.8. The molecule has 0 fully saturated rings. The Morgan fingerprint density at radius 1 is 1.56 bits per heavy atom. The molecule has 0 aliphatic heterocycles. The first-order valence-electron chi connectivity index (χ1n) is 4.28. The van der Waals surface area contributed by atoms with Gasteiger partial charge < -0.3 is 5.73 Å². The molecular formula is C9H8Cl2N2O3. The van der Waals surface area contributed by atoms with Gasteiger partial charge in [0.2, 0.25) is 5.91 Å². The molecule has 0 spiro atoms. The van der Waals surface area contributed by atoms with Crippen molar-refractivity contribution in [2.45, 2.75) is 11.8 Å². The minimum absolute atomic E-state index is 0.0626. The van der Waals surface area contributed by atoms with Gasteiger partial charge in [0, 0.05) is 12.5 Å². The normalized spacial score (nSPS) is 12.1. The number of nitrogens with two attached hydrogens (primary N) is 1. The molecule has 1 atom stereocenters. The van der Waals surface area contributed by atoms with Crippen molar-refractivity contribution in [2.24, 2.45) is 5.73 Å². The quantitative estimate of drug-likeness (QED) is 0.511. The molecule has 0 bridgehead atoms. The van der Waals surface area contributed by atoms with E-state index in [9.17, 15) is 14.9 Å². The molecule has 0 aromatic heterocycles. The molecule has 1 aromatic carbocycles. The van der Waals surface area contributed by atoms with Crippen LogP contribution in [0.5, 0.6) is 0 Å². The second kappa shape index (κ2) is 5.14. The number of halogens is 2. The number of rotatable bonds is 4. The first kappa shape index (κ1) is 12.7. The highest BCUT2D eigenvalue weighted by Gasteiger charge is 2.22. The summed E-state index contributed by atoms with van der Waals surface area (Å²) in [6, 6.07) is 4.25. The number of hydrogen-bond donors (Lipinski definition) is 1. The summed E-state index contributed by atoms with van der Waals surface area (Å²) < 4.78 is 0. The second-order valence-corrected chi connectivity index (χ2v) is 4.00. The van der Waals surface area contributed by atoms with Gasteiger partial charge in [-0.1, -0.05) is 17.7 Å². The Kier molecular flexibility index (Phi) is 4.09. The Bertz CT molecular complexity index is 437. The minimum atomic E-state index is -1.02. The van der Waals surface area contributed by atoms with Gasteiger partial charge in [0.1, 0.15) is 5.38 Å². The van der Waals surface area contributed by atoms with E-state index in [2.05, 4.69) is 0 Å². The van der Waals surface area contributed by atoms with Crippen LogP contribution in [0.2, 0.25) is 5.02 Å². The highest BCUT2D eigenvalue weighted by Crippen LogP contribution is 2.28. The van der Waals surface area contributed by atoms with Gasteiger partial charge in [-0.25, -0.2) is 0 Å². The minimum Gasteiger partial charge on any atom is -0.368 e. The summed E-state index contributed by atoms with van der Waals surface area (Å²) in [7, 11) is 0. The summed E-state index contributed by atoms with van der Waals surface area (Å²) in [4.78, 5) is 20.9. The summed E-state index contributed by atoms with van der Waals surface area (Å²) >= 11 is 11.5. The monoisotopic (exact) mass is 262 g/mol. The van der Waals surface area contributed by atoms with E-state index in [1.165, 1.54) is 18.2 Å². The third kappa shape index (κ3) is 2.84. The maximum absolute atomic E-state index is 10.8. The van der Waals surface area contributed by atoms with Crippen LogP contribution < -0.4 is 5.73 Å². The van der Waals surface area contributed by atoms with Crippen molar-refractivity contribution >= 4 is 34.8 Å². The topological polar surface area (TPSA) is 86.2 Å². The smallest absolute Gasteiger partial charge is 0.274 e. The molecule has 2 N–H and O–H groups in total. The van der Waals surface area contributed by atoms with E-state index in [0.717, 1.165) is 0 Å². The fourth-order valence-electron chi connectivity index (χ4n) is 1.20. The molecule has 86 valence electrons. The Morgan fingerprint density at radius 2 is 2.19 bits per heavy atom. The van der Waals surface area contributed by atoms with E-state index in [1.807, 2.05) is 0 Å². The lowest BCUT2D eigenvalue weighted by molar-refractivity contribution is -0.385. The van der Waals surface area contributed by atoms with Gasteiger partial charge in [0.15, 0.2) is 0 Å². The van der Waals surface area contributed by atoms with E-state index in [-0.39, 0.29) is 22.7 Å². The average Bonchev–Trinajstić information content (AvgIpc) is 2.20. The van der Waals surface area contributed by atoms with Crippen LogP contribution in [-0.2, 0) is 11.2 Å². The number of benzene rings is 1. The predicted molar refractivity (Wildman–Crippen MR) is 60.6 cm³/mol. The standard InChI is InChI=1S/C9H8Cl2N2O3/c10-6-2-1-3-8(13(15)16)5(6)4-7(11)9(12)14/h1-3,7H,4H2,(H2,12,14). The summed E-state index contributed by atoms with van der Waals surface area (Å²) in [6.45, 7) is 0. The van der Waals surface area contributed by atoms with Crippen molar-refractivity contribution in [3.8, 4) is 0 Å². The zero-order valence-electron chi connectivity index (χ0n) is 8.02. The molecule has 0 aliphatic carbocycles. The molecule has 5 nitrogen and oxygen atoms in total. The lowest BCUT2D eigenvalue weighted by Gasteiger charge is -2.07. The van der Waals surface area contributed by atoms with Crippen molar-refractivity contribution in [3.05, 3.63) is 38.9 Å². The molecule has 0 aliphatic rings. The van der Waals surface area contributed by atoms with Crippen LogP contribution >= 0.6 is 23.2 Å². The number of carbonyl (C=O) groups excluding carboxylic acids is 1. The largest absolute Gasteiger partial charge is 0.368 e. The van der Waals surface area contributed by atoms with Crippen molar-refractivity contribution in [1.29, 1.82) is 0 Å². The zero-order valence-corrected chi connectivity index (χ0v) is 9.53. The third-order valence-corrected chi connectivity index (χ3v) is 2.71. The predicted octanol–water partition coefficient (Wildman–Crippen LogP) is 1.88. The van der Waals surface area contributed by atoms with Crippen molar-refractivity contribution in [3.63, 3.8) is 0 Å². The summed E-state index contributed by atoms with van der Waals surface area (Å²) in [5.74, 6) is -0.740. The molecule has 1 aromatic rings. The van der Waals surface area contributed by atoms with Crippen LogP contribution in [0.3, 0.4) is 0 Å². The molecular weight excluding hydrogens is 255 g/mol. The van der Waals surface area contributed by atoms with Gasteiger partial charge in [0.25, 0.3) is 5.69 Å². The number of nitro benzene ring substituents is 1. The highest BCUT2D eigenvalue weighted by atomic mass is 35.5. The number of carbonyl (C=O) groups is 1. The Labute approximate surface area is 101 Å². The van der Waals surface area contributed by atoms with Crippen LogP contribution in [0.25, 0.3) is 0 Å². The van der Waals surface area contributed by atoms with Crippen LogP contribution in [0, 0.1) is 10.1 Å². The molecule has 16 heavy (non-hydrogen) atoms. The van der Waals surface area contributed by atoms with Gasteiger partial charge in [0.05, 0.1) is 15.5 Å². The fourth-order valence-corrected chi connectivity index (χ4v) is 1.60. The molecule has 0 radical (unpaired) electrons. The highest BCUT2D eigenvalue weighted by molar-refractivity contribution is 6.33. The van der Waals surface area contributed by atoms with Gasteiger partial charge in [-0.2, -0.15) is 0 Å². The molecule has 1 amide bonds. The Balaban J connectivity index is 3.11. The maximum Gasteiger partial charge on any atom is 0.274 e. The van der Waals surface area contributed by atoms with Crippen molar-refractivity contribution in [1.82, 2.24) is 0 Å². The van der Waals surface area contributed by atoms with Crippen LogP contribution in [-0.4, -0.2) is 16.2 Å². The molecule has 1 unspecified atom stereocenters. The first-order chi connectivity index (χ1) is 7.43. The molecule has 1 rings (SSSR count). The number of amides is 1. The second-order valence-electron chi connectivity index (χ2n) is 3.07. The number of nitrogens with zero attached hydrogens (tertiary/aromatic N) is 1. The number of hydrogen-bond acceptors (Lipinski definition) is 3. The average molecular weight is 263 g/mol. The van der Waals surface area contributed by atoms with E-state index in [4.69, 9.17) is 28.9 Å². The lowest BCUT2D eigenvalue weighted by Crippen LogP contribution is -2.25. The third-order valence-electron chi connectivity index (χ3n) is 1.98. The summed E-state index contributed by atoms with van der Waals surface area (Å²) in [6.07, 6.45) is -0.0626. The van der Waals surface area contributed by atoms with Crippen molar-refractivity contribution < 1.29 is 9.72 Å². The van der Waals surface area contributed by atoms with E-state index >= 15 is 0 Å². The molecule has 0 heterocycles. The fraction of sp³-hybridized carbons (Fsp3) is 0.222. The van der Waals surface area contributed by atoms with Gasteiger partial charge in [-0.05, 0) is 6.07 Å². The van der Waals surface area contributed by atoms with Crippen LogP contribution in [0.4, 0.5) is 5.69 Å². The van der Waals surface area contributed by atoms with Gasteiger partial charge in [-0.3, -0.25) is 14.9 Å². The SMILES string of the molecule is NC(=O)C(Cl)Cc1c(Cl)cccc1[N+](=O)[O-]. The summed E-state index contributed by atoms with van der Waals surface area (Å²) in [5, 5.41) is 9.89. The van der Waals surface area contributed by atoms with Gasteiger partial charge in [-0.15, -0.1) is 11.6 Å². The van der Waals surface area contributed by atoms with Crippen LogP contribution in [0.1, 0.15) is 5.56 Å². The number of alkyl halides is 1. The molecule has 0 saturated carbocycles. The first-order valence-corrected chi connectivity index (χ1v) is 5.10. The van der Waals surface area contributed by atoms with E-state index in [0.29, 0.717) is 0 Å². The van der Waals surface area contributed by atoms with E-state index in [1.54, 1.807) is 0 Å². The van der Waals surface area contributed by atoms with E-state index < -0.39 is 16.2 Å². The number of primary amides is 1. The Hall–Kier alpha value is -1.33. The van der Waals surface area contributed by atoms with Gasteiger partial charge >= 0.3 is 0 Å². The molecule has 7 heteroatoms. The van der Waals surface area contributed by atoms with Crippen molar-refractivity contribution in [2.75, 3.05) is 0 Å². The summed E-state index contributed by atoms with van der Waals surface area (Å²) in [5.41, 5.74) is 5.02.